The molecule has 1 aromatic heterocycles. The van der Waals surface area contributed by atoms with Gasteiger partial charge in [0.2, 0.25) is 0 Å². The Hall–Kier alpha value is -0.590. The summed E-state index contributed by atoms with van der Waals surface area (Å²) >= 11 is 1.84. The molecule has 0 saturated heterocycles. The van der Waals surface area contributed by atoms with E-state index in [0.717, 1.165) is 0 Å². The number of hydrogen-bond donors (Lipinski definition) is 0. The molecule has 0 unspecified atom stereocenters. The molecule has 1 rings (SSSR count). The number of carbonyl (C=O) groups is 1. The highest BCUT2D eigenvalue weighted by Crippen LogP contribution is 2.23. The van der Waals surface area contributed by atoms with Crippen LogP contribution in [0.1, 0.15) is 28.2 Å². The number of rotatable bonds is 2. The van der Waals surface area contributed by atoms with Crippen molar-refractivity contribution in [3.05, 3.63) is 26.6 Å². The second-order valence-corrected chi connectivity index (χ2v) is 3.63. The van der Waals surface area contributed by atoms with E-state index < -0.39 is 12.1 Å². The van der Waals surface area contributed by atoms with Crippen molar-refractivity contribution in [1.82, 2.24) is 4.98 Å². The first-order valence-corrected chi connectivity index (χ1v) is 4.54. The fraction of sp³-hybridized carbons (Fsp3) is 0.250. The minimum absolute atomic E-state index is 0.0128. The standard InChI is InChI=1S/C8H6F2INO/c1-4-2-6(11)5(3-13)7(12-4)8(9)10/h2-3,8H,1H3. The van der Waals surface area contributed by atoms with Crippen molar-refractivity contribution >= 4 is 28.9 Å². The molecular weight excluding hydrogens is 291 g/mol. The van der Waals surface area contributed by atoms with Gasteiger partial charge in [-0.25, -0.2) is 8.78 Å². The van der Waals surface area contributed by atoms with Crippen LogP contribution in [-0.4, -0.2) is 11.3 Å². The normalized spacial score (nSPS) is 10.5. The molecule has 0 N–H and O–H groups in total. The Morgan fingerprint density at radius 2 is 2.23 bits per heavy atom. The van der Waals surface area contributed by atoms with Gasteiger partial charge in [0.25, 0.3) is 6.43 Å². The fourth-order valence-electron chi connectivity index (χ4n) is 0.949. The Morgan fingerprint density at radius 1 is 1.62 bits per heavy atom. The average molecular weight is 297 g/mol. The highest BCUT2D eigenvalue weighted by Gasteiger charge is 2.17. The van der Waals surface area contributed by atoms with Crippen LogP contribution in [0.25, 0.3) is 0 Å². The van der Waals surface area contributed by atoms with Crippen molar-refractivity contribution in [3.8, 4) is 0 Å². The summed E-state index contributed by atoms with van der Waals surface area (Å²) in [7, 11) is 0. The number of aryl methyl sites for hydroxylation is 1. The maximum absolute atomic E-state index is 12.3. The minimum atomic E-state index is -2.70. The lowest BCUT2D eigenvalue weighted by Gasteiger charge is -2.05. The number of aldehydes is 1. The average Bonchev–Trinajstić information content (AvgIpc) is 2.02. The summed E-state index contributed by atoms with van der Waals surface area (Å²) in [5.41, 5.74) is 0.0471. The van der Waals surface area contributed by atoms with Crippen molar-refractivity contribution in [2.24, 2.45) is 0 Å². The summed E-state index contributed by atoms with van der Waals surface area (Å²) in [5, 5.41) is 0. The smallest absolute Gasteiger partial charge is 0.281 e. The molecule has 0 aliphatic heterocycles. The number of alkyl halides is 2. The highest BCUT2D eigenvalue weighted by atomic mass is 127. The van der Waals surface area contributed by atoms with Crippen molar-refractivity contribution < 1.29 is 13.6 Å². The van der Waals surface area contributed by atoms with Crippen molar-refractivity contribution in [2.75, 3.05) is 0 Å². The van der Waals surface area contributed by atoms with Crippen LogP contribution in [0.4, 0.5) is 8.78 Å². The van der Waals surface area contributed by atoms with Crippen LogP contribution in [0.3, 0.4) is 0 Å². The van der Waals surface area contributed by atoms with Gasteiger partial charge in [0.1, 0.15) is 5.69 Å². The summed E-state index contributed by atoms with van der Waals surface area (Å²) in [6.07, 6.45) is -2.29. The molecule has 2 nitrogen and oxygen atoms in total. The Kier molecular flexibility index (Phi) is 3.29. The van der Waals surface area contributed by atoms with E-state index >= 15 is 0 Å². The van der Waals surface area contributed by atoms with Crippen molar-refractivity contribution in [1.29, 1.82) is 0 Å². The zero-order valence-corrected chi connectivity index (χ0v) is 8.88. The van der Waals surface area contributed by atoms with Gasteiger partial charge in [-0.2, -0.15) is 0 Å². The molecule has 1 aromatic rings. The molecule has 0 aromatic carbocycles. The van der Waals surface area contributed by atoms with Gasteiger partial charge in [0, 0.05) is 9.26 Å². The molecule has 0 bridgehead atoms. The Bertz CT molecular complexity index is 341. The van der Waals surface area contributed by atoms with Crippen molar-refractivity contribution in [3.63, 3.8) is 0 Å². The summed E-state index contributed by atoms with van der Waals surface area (Å²) in [6.45, 7) is 1.61. The predicted octanol–water partition coefficient (Wildman–Crippen LogP) is 2.74. The first-order chi connectivity index (χ1) is 6.06. The Labute approximate surface area is 87.5 Å². The fourth-order valence-corrected chi connectivity index (χ4v) is 1.80. The molecule has 70 valence electrons. The Balaban J connectivity index is 3.38. The predicted molar refractivity (Wildman–Crippen MR) is 52.0 cm³/mol. The lowest BCUT2D eigenvalue weighted by atomic mass is 10.2. The van der Waals surface area contributed by atoms with Gasteiger partial charge in [-0.1, -0.05) is 0 Å². The summed E-state index contributed by atoms with van der Waals surface area (Å²) in [6, 6.07) is 1.59. The number of hydrogen-bond acceptors (Lipinski definition) is 2. The van der Waals surface area contributed by atoms with E-state index in [2.05, 4.69) is 4.98 Å². The summed E-state index contributed by atoms with van der Waals surface area (Å²) in [5.74, 6) is 0. The third kappa shape index (κ3) is 2.20. The number of carbonyl (C=O) groups excluding carboxylic acids is 1. The van der Waals surface area contributed by atoms with E-state index in [1.807, 2.05) is 22.6 Å². The molecule has 0 amide bonds. The van der Waals surface area contributed by atoms with Crippen LogP contribution in [0.5, 0.6) is 0 Å². The number of nitrogens with zero attached hydrogens (tertiary/aromatic N) is 1. The molecule has 0 aliphatic carbocycles. The van der Waals surface area contributed by atoms with Gasteiger partial charge in [-0.3, -0.25) is 9.78 Å². The quantitative estimate of drug-likeness (QED) is 0.620. The van der Waals surface area contributed by atoms with Crippen LogP contribution in [0.15, 0.2) is 6.07 Å². The first-order valence-electron chi connectivity index (χ1n) is 3.46. The summed E-state index contributed by atoms with van der Waals surface area (Å²) in [4.78, 5) is 14.1. The molecule has 0 fully saturated rings. The van der Waals surface area contributed by atoms with Crippen LogP contribution < -0.4 is 0 Å². The molecule has 5 heteroatoms. The molecule has 0 aliphatic rings. The van der Waals surface area contributed by atoms with Gasteiger partial charge in [0.05, 0.1) is 5.56 Å². The van der Waals surface area contributed by atoms with E-state index in [4.69, 9.17) is 0 Å². The van der Waals surface area contributed by atoms with Gasteiger partial charge in [-0.15, -0.1) is 0 Å². The zero-order chi connectivity index (χ0) is 10.0. The number of aromatic nitrogens is 1. The molecule has 0 atom stereocenters. The molecule has 0 saturated carbocycles. The van der Waals surface area contributed by atoms with Crippen molar-refractivity contribution in [2.45, 2.75) is 13.3 Å². The van der Waals surface area contributed by atoms with E-state index in [-0.39, 0.29) is 5.56 Å². The van der Waals surface area contributed by atoms with E-state index in [1.54, 1.807) is 13.0 Å². The molecule has 0 spiro atoms. The third-order valence-electron chi connectivity index (χ3n) is 1.49. The molecular formula is C8H6F2INO. The van der Waals surface area contributed by atoms with Gasteiger partial charge in [-0.05, 0) is 35.6 Å². The monoisotopic (exact) mass is 297 g/mol. The van der Waals surface area contributed by atoms with Crippen LogP contribution in [0.2, 0.25) is 0 Å². The van der Waals surface area contributed by atoms with Gasteiger partial charge >= 0.3 is 0 Å². The van der Waals surface area contributed by atoms with E-state index in [0.29, 0.717) is 15.6 Å². The SMILES string of the molecule is Cc1cc(I)c(C=O)c(C(F)F)n1. The molecule has 13 heavy (non-hydrogen) atoms. The van der Waals surface area contributed by atoms with Crippen LogP contribution in [-0.2, 0) is 0 Å². The van der Waals surface area contributed by atoms with Gasteiger partial charge in [0.15, 0.2) is 6.29 Å². The Morgan fingerprint density at radius 3 is 2.69 bits per heavy atom. The third-order valence-corrected chi connectivity index (χ3v) is 2.38. The van der Waals surface area contributed by atoms with Crippen LogP contribution >= 0.6 is 22.6 Å². The minimum Gasteiger partial charge on any atom is -0.298 e. The maximum Gasteiger partial charge on any atom is 0.281 e. The van der Waals surface area contributed by atoms with E-state index in [9.17, 15) is 13.6 Å². The lowest BCUT2D eigenvalue weighted by molar-refractivity contribution is 0.110. The number of pyridine rings is 1. The maximum atomic E-state index is 12.3. The molecule has 0 radical (unpaired) electrons. The van der Waals surface area contributed by atoms with E-state index in [1.165, 1.54) is 0 Å². The second-order valence-electron chi connectivity index (χ2n) is 2.46. The lowest BCUT2D eigenvalue weighted by Crippen LogP contribution is -2.02. The van der Waals surface area contributed by atoms with Crippen LogP contribution in [0, 0.1) is 10.5 Å². The zero-order valence-electron chi connectivity index (χ0n) is 6.72. The first kappa shape index (κ1) is 10.5. The number of halogens is 3. The second kappa shape index (κ2) is 4.08. The topological polar surface area (TPSA) is 30.0 Å². The largest absolute Gasteiger partial charge is 0.298 e. The van der Waals surface area contributed by atoms with Gasteiger partial charge < -0.3 is 0 Å². The highest BCUT2D eigenvalue weighted by molar-refractivity contribution is 14.1. The summed E-state index contributed by atoms with van der Waals surface area (Å²) < 4.78 is 25.2. The molecule has 1 heterocycles.